The number of hydrogen-bond acceptors (Lipinski definition) is 2. The van der Waals surface area contributed by atoms with Crippen molar-refractivity contribution in [2.24, 2.45) is 11.8 Å². The van der Waals surface area contributed by atoms with E-state index in [2.05, 4.69) is 39.8 Å². The fraction of sp³-hybridized carbons (Fsp3) is 0.846. The van der Waals surface area contributed by atoms with Gasteiger partial charge in [-0.2, -0.15) is 0 Å². The maximum absolute atomic E-state index is 8.93. The highest BCUT2D eigenvalue weighted by molar-refractivity contribution is 5.05. The van der Waals surface area contributed by atoms with Gasteiger partial charge in [-0.15, -0.1) is 0 Å². The predicted octanol–water partition coefficient (Wildman–Crippen LogP) is 2.76. The van der Waals surface area contributed by atoms with Crippen LogP contribution in [-0.4, -0.2) is 23.4 Å². The molecule has 1 saturated heterocycles. The molecule has 0 saturated carbocycles. The quantitative estimate of drug-likeness (QED) is 0.542. The van der Waals surface area contributed by atoms with Crippen molar-refractivity contribution in [2.75, 3.05) is 6.61 Å². The Morgan fingerprint density at radius 2 is 2.13 bits per heavy atom. The number of ether oxygens (including phenoxy) is 1. The van der Waals surface area contributed by atoms with E-state index in [0.717, 1.165) is 12.3 Å². The van der Waals surface area contributed by atoms with Gasteiger partial charge in [-0.3, -0.25) is 0 Å². The molecule has 2 heteroatoms. The van der Waals surface area contributed by atoms with E-state index < -0.39 is 0 Å². The highest BCUT2D eigenvalue weighted by Gasteiger charge is 2.50. The van der Waals surface area contributed by atoms with Gasteiger partial charge in [0, 0.05) is 0 Å². The molecule has 0 spiro atoms. The summed E-state index contributed by atoms with van der Waals surface area (Å²) in [7, 11) is 0. The fourth-order valence-electron chi connectivity index (χ4n) is 1.78. The summed E-state index contributed by atoms with van der Waals surface area (Å²) in [5.41, 5.74) is -0.0968. The number of allylic oxidation sites excluding steroid dienone is 1. The molecule has 0 aromatic heterocycles. The highest BCUT2D eigenvalue weighted by Crippen LogP contribution is 2.39. The van der Waals surface area contributed by atoms with Crippen molar-refractivity contribution in [3.8, 4) is 0 Å². The maximum atomic E-state index is 8.93. The molecule has 1 N–H and O–H groups in total. The van der Waals surface area contributed by atoms with Gasteiger partial charge in [0.25, 0.3) is 0 Å². The van der Waals surface area contributed by atoms with E-state index in [9.17, 15) is 0 Å². The first-order valence-electron chi connectivity index (χ1n) is 5.98. The molecular formula is C13H24O2. The summed E-state index contributed by atoms with van der Waals surface area (Å²) >= 11 is 0. The maximum Gasteiger partial charge on any atom is 0.110 e. The summed E-state index contributed by atoms with van der Waals surface area (Å²) in [6, 6.07) is 0. The lowest BCUT2D eigenvalue weighted by Gasteiger charge is -2.13. The Bertz CT molecular complexity index is 225. The van der Waals surface area contributed by atoms with Crippen LogP contribution in [0.15, 0.2) is 12.2 Å². The van der Waals surface area contributed by atoms with Gasteiger partial charge >= 0.3 is 0 Å². The van der Waals surface area contributed by atoms with Crippen LogP contribution in [0.2, 0.25) is 0 Å². The van der Waals surface area contributed by atoms with Crippen molar-refractivity contribution < 1.29 is 9.84 Å². The van der Waals surface area contributed by atoms with Crippen LogP contribution < -0.4 is 0 Å². The Kier molecular flexibility index (Phi) is 4.35. The summed E-state index contributed by atoms with van der Waals surface area (Å²) in [6.45, 7) is 8.96. The fourth-order valence-corrected chi connectivity index (χ4v) is 1.78. The molecule has 0 aromatic rings. The SMILES string of the molecule is CC[C@H](C)[C@@H](C)/C=C/C[C@@]1(C)O[C@@H]1CO. The topological polar surface area (TPSA) is 32.8 Å². The Labute approximate surface area is 93.3 Å². The summed E-state index contributed by atoms with van der Waals surface area (Å²) in [5.74, 6) is 1.37. The predicted molar refractivity (Wildman–Crippen MR) is 62.7 cm³/mol. The number of aliphatic hydroxyl groups is 1. The van der Waals surface area contributed by atoms with Crippen molar-refractivity contribution in [2.45, 2.75) is 52.2 Å². The van der Waals surface area contributed by atoms with Gasteiger partial charge in [-0.05, 0) is 25.2 Å². The lowest BCUT2D eigenvalue weighted by molar-refractivity contribution is 0.237. The first kappa shape index (κ1) is 12.7. The molecule has 0 radical (unpaired) electrons. The first-order chi connectivity index (χ1) is 7.03. The average molecular weight is 212 g/mol. The van der Waals surface area contributed by atoms with E-state index in [1.807, 2.05) is 0 Å². The van der Waals surface area contributed by atoms with E-state index in [1.54, 1.807) is 0 Å². The van der Waals surface area contributed by atoms with E-state index >= 15 is 0 Å². The van der Waals surface area contributed by atoms with Gasteiger partial charge in [0.2, 0.25) is 0 Å². The molecule has 0 aromatic carbocycles. The van der Waals surface area contributed by atoms with Gasteiger partial charge in [-0.25, -0.2) is 0 Å². The largest absolute Gasteiger partial charge is 0.394 e. The summed E-state index contributed by atoms with van der Waals surface area (Å²) in [5, 5.41) is 8.93. The monoisotopic (exact) mass is 212 g/mol. The zero-order valence-corrected chi connectivity index (χ0v) is 10.4. The zero-order chi connectivity index (χ0) is 11.5. The van der Waals surface area contributed by atoms with Crippen LogP contribution in [0.25, 0.3) is 0 Å². The molecule has 88 valence electrons. The Morgan fingerprint density at radius 1 is 1.47 bits per heavy atom. The van der Waals surface area contributed by atoms with Crippen molar-refractivity contribution in [1.29, 1.82) is 0 Å². The van der Waals surface area contributed by atoms with Gasteiger partial charge in [0.15, 0.2) is 0 Å². The molecule has 1 heterocycles. The van der Waals surface area contributed by atoms with Crippen molar-refractivity contribution in [1.82, 2.24) is 0 Å². The third-order valence-corrected chi connectivity index (χ3v) is 3.71. The molecular weight excluding hydrogens is 188 g/mol. The Morgan fingerprint density at radius 3 is 2.60 bits per heavy atom. The normalized spacial score (nSPS) is 34.3. The summed E-state index contributed by atoms with van der Waals surface area (Å²) in [4.78, 5) is 0. The van der Waals surface area contributed by atoms with E-state index in [-0.39, 0.29) is 18.3 Å². The molecule has 2 nitrogen and oxygen atoms in total. The van der Waals surface area contributed by atoms with Crippen molar-refractivity contribution in [3.63, 3.8) is 0 Å². The van der Waals surface area contributed by atoms with Crippen LogP contribution in [0.4, 0.5) is 0 Å². The van der Waals surface area contributed by atoms with Crippen LogP contribution in [0.1, 0.15) is 40.5 Å². The van der Waals surface area contributed by atoms with Crippen LogP contribution in [0.3, 0.4) is 0 Å². The van der Waals surface area contributed by atoms with E-state index in [1.165, 1.54) is 6.42 Å². The van der Waals surface area contributed by atoms with Gasteiger partial charge in [0.1, 0.15) is 6.10 Å². The molecule has 1 aliphatic rings. The minimum Gasteiger partial charge on any atom is -0.394 e. The molecule has 1 rings (SSSR count). The molecule has 0 unspecified atom stereocenters. The molecule has 15 heavy (non-hydrogen) atoms. The Hall–Kier alpha value is -0.340. The second kappa shape index (κ2) is 5.13. The molecule has 0 amide bonds. The molecule has 4 atom stereocenters. The molecule has 0 bridgehead atoms. The number of epoxide rings is 1. The lowest BCUT2D eigenvalue weighted by Crippen LogP contribution is -2.11. The Balaban J connectivity index is 2.28. The number of aliphatic hydroxyl groups excluding tert-OH is 1. The standard InChI is InChI=1S/C13H24O2/c1-5-10(2)11(3)7-6-8-13(4)12(9-14)15-13/h6-7,10-12,14H,5,8-9H2,1-4H3/b7-6+/t10-,11-,12+,13+/m0/s1. The molecule has 0 aliphatic carbocycles. The second-order valence-corrected chi connectivity index (χ2v) is 4.98. The van der Waals surface area contributed by atoms with E-state index in [0.29, 0.717) is 5.92 Å². The zero-order valence-electron chi connectivity index (χ0n) is 10.4. The van der Waals surface area contributed by atoms with Crippen molar-refractivity contribution in [3.05, 3.63) is 12.2 Å². The minimum absolute atomic E-state index is 0.0565. The van der Waals surface area contributed by atoms with Gasteiger partial charge in [-0.1, -0.05) is 39.3 Å². The number of rotatable bonds is 6. The van der Waals surface area contributed by atoms with Gasteiger partial charge < -0.3 is 9.84 Å². The third-order valence-electron chi connectivity index (χ3n) is 3.71. The lowest BCUT2D eigenvalue weighted by atomic mass is 9.92. The third kappa shape index (κ3) is 3.32. The van der Waals surface area contributed by atoms with Crippen LogP contribution in [0.5, 0.6) is 0 Å². The highest BCUT2D eigenvalue weighted by atomic mass is 16.6. The minimum atomic E-state index is -0.0968. The second-order valence-electron chi connectivity index (χ2n) is 4.98. The molecule has 1 aliphatic heterocycles. The first-order valence-corrected chi connectivity index (χ1v) is 5.98. The van der Waals surface area contributed by atoms with E-state index in [4.69, 9.17) is 9.84 Å². The van der Waals surface area contributed by atoms with Crippen LogP contribution in [0, 0.1) is 11.8 Å². The average Bonchev–Trinajstić information content (AvgIpc) is 2.88. The number of hydrogen-bond donors (Lipinski definition) is 1. The van der Waals surface area contributed by atoms with Crippen molar-refractivity contribution >= 4 is 0 Å². The smallest absolute Gasteiger partial charge is 0.110 e. The summed E-state index contributed by atoms with van der Waals surface area (Å²) in [6.07, 6.45) is 6.67. The van der Waals surface area contributed by atoms with Crippen LogP contribution in [-0.2, 0) is 4.74 Å². The van der Waals surface area contributed by atoms with Gasteiger partial charge in [0.05, 0.1) is 12.2 Å². The van der Waals surface area contributed by atoms with Crippen LogP contribution >= 0.6 is 0 Å². The molecule has 1 fully saturated rings. The summed E-state index contributed by atoms with van der Waals surface area (Å²) < 4.78 is 5.42.